The van der Waals surface area contributed by atoms with Crippen LogP contribution < -0.4 is 9.62 Å². The molecule has 7 nitrogen and oxygen atoms in total. The van der Waals surface area contributed by atoms with Gasteiger partial charge in [-0.05, 0) is 60.7 Å². The normalized spacial score (nSPS) is 12.3. The first-order chi connectivity index (χ1) is 18.8. The fraction of sp³-hybridized carbons (Fsp3) is 0.355. The summed E-state index contributed by atoms with van der Waals surface area (Å²) in [5, 5.41) is 3.44. The van der Waals surface area contributed by atoms with E-state index in [0.29, 0.717) is 10.7 Å². The summed E-state index contributed by atoms with van der Waals surface area (Å²) < 4.78 is 26.9. The van der Waals surface area contributed by atoms with Gasteiger partial charge in [-0.2, -0.15) is 0 Å². The van der Waals surface area contributed by atoms with Crippen LogP contribution in [0.15, 0.2) is 78.9 Å². The lowest BCUT2D eigenvalue weighted by atomic mass is 10.0. The number of nitrogens with zero attached hydrogens (tertiary/aromatic N) is 2. The van der Waals surface area contributed by atoms with Crippen molar-refractivity contribution < 1.29 is 18.0 Å². The Morgan fingerprint density at radius 3 is 2.05 bits per heavy atom. The predicted octanol–water partition coefficient (Wildman–Crippen LogP) is 5.39. The van der Waals surface area contributed by atoms with Gasteiger partial charge in [0, 0.05) is 24.0 Å². The highest BCUT2D eigenvalue weighted by atomic mass is 35.5. The number of carbonyl (C=O) groups is 2. The van der Waals surface area contributed by atoms with Crippen LogP contribution in [0.5, 0.6) is 0 Å². The number of anilines is 1. The molecule has 0 saturated heterocycles. The molecule has 3 aromatic carbocycles. The van der Waals surface area contributed by atoms with Crippen molar-refractivity contribution in [3.8, 4) is 0 Å². The van der Waals surface area contributed by atoms with Crippen LogP contribution in [0.1, 0.15) is 50.3 Å². The van der Waals surface area contributed by atoms with Gasteiger partial charge < -0.3 is 10.2 Å². The maximum atomic E-state index is 14.1. The fourth-order valence-corrected chi connectivity index (χ4v) is 5.47. The lowest BCUT2D eigenvalue weighted by Crippen LogP contribution is -2.54. The minimum atomic E-state index is -3.82. The van der Waals surface area contributed by atoms with E-state index < -0.39 is 28.5 Å². The zero-order chi connectivity index (χ0) is 29.4. The summed E-state index contributed by atoms with van der Waals surface area (Å²) in [4.78, 5) is 29.1. The summed E-state index contributed by atoms with van der Waals surface area (Å²) in [5.41, 5.74) is 3.04. The van der Waals surface area contributed by atoms with Gasteiger partial charge in [-0.3, -0.25) is 13.9 Å². The van der Waals surface area contributed by atoms with Crippen molar-refractivity contribution in [3.05, 3.63) is 101 Å². The summed E-state index contributed by atoms with van der Waals surface area (Å²) in [6.45, 7) is 7.43. The van der Waals surface area contributed by atoms with Gasteiger partial charge in [0.1, 0.15) is 12.6 Å². The van der Waals surface area contributed by atoms with E-state index >= 15 is 0 Å². The molecule has 2 amide bonds. The molecule has 0 saturated carbocycles. The van der Waals surface area contributed by atoms with Crippen LogP contribution >= 0.6 is 11.6 Å². The molecule has 0 fully saturated rings. The first-order valence-corrected chi connectivity index (χ1v) is 15.5. The van der Waals surface area contributed by atoms with Crippen molar-refractivity contribution in [2.75, 3.05) is 17.1 Å². The number of rotatable bonds is 12. The Kier molecular flexibility index (Phi) is 10.8. The molecule has 214 valence electrons. The lowest BCUT2D eigenvalue weighted by molar-refractivity contribution is -0.140. The summed E-state index contributed by atoms with van der Waals surface area (Å²) in [6.07, 6.45) is 1.33. The van der Waals surface area contributed by atoms with E-state index in [-0.39, 0.29) is 30.8 Å². The van der Waals surface area contributed by atoms with E-state index in [1.807, 2.05) is 62.4 Å². The molecule has 9 heteroatoms. The molecule has 0 aromatic heterocycles. The van der Waals surface area contributed by atoms with Crippen LogP contribution in [-0.4, -0.2) is 50.0 Å². The monoisotopic (exact) mass is 583 g/mol. The second kappa shape index (κ2) is 13.8. The van der Waals surface area contributed by atoms with Crippen molar-refractivity contribution >= 4 is 39.1 Å². The van der Waals surface area contributed by atoms with Crippen molar-refractivity contribution in [1.29, 1.82) is 0 Å². The van der Waals surface area contributed by atoms with Gasteiger partial charge in [0.15, 0.2) is 0 Å². The van der Waals surface area contributed by atoms with Gasteiger partial charge in [0.2, 0.25) is 21.8 Å². The van der Waals surface area contributed by atoms with E-state index in [9.17, 15) is 18.0 Å². The van der Waals surface area contributed by atoms with E-state index in [4.69, 9.17) is 11.6 Å². The maximum absolute atomic E-state index is 14.1. The van der Waals surface area contributed by atoms with Crippen molar-refractivity contribution in [2.45, 2.75) is 58.7 Å². The van der Waals surface area contributed by atoms with Gasteiger partial charge in [0.25, 0.3) is 0 Å². The molecule has 0 unspecified atom stereocenters. The Labute approximate surface area is 243 Å². The zero-order valence-electron chi connectivity index (χ0n) is 23.7. The van der Waals surface area contributed by atoms with E-state index in [1.165, 1.54) is 4.90 Å². The number of amides is 2. The van der Waals surface area contributed by atoms with Crippen LogP contribution in [0.25, 0.3) is 0 Å². The molecule has 0 spiro atoms. The topological polar surface area (TPSA) is 86.8 Å². The summed E-state index contributed by atoms with van der Waals surface area (Å²) in [7, 11) is -3.82. The molecule has 1 atom stereocenters. The molecular formula is C31H38ClN3O4S. The highest BCUT2D eigenvalue weighted by Gasteiger charge is 2.33. The zero-order valence-corrected chi connectivity index (χ0v) is 25.2. The molecule has 0 radical (unpaired) electrons. The number of nitrogens with one attached hydrogen (secondary N) is 1. The van der Waals surface area contributed by atoms with Crippen LogP contribution in [0.2, 0.25) is 5.02 Å². The minimum absolute atomic E-state index is 0.0757. The number of hydrogen-bond donors (Lipinski definition) is 1. The molecule has 0 aliphatic heterocycles. The maximum Gasteiger partial charge on any atom is 0.244 e. The van der Waals surface area contributed by atoms with Gasteiger partial charge in [0.05, 0.1) is 11.9 Å². The number of benzene rings is 3. The van der Waals surface area contributed by atoms with E-state index in [2.05, 4.69) is 19.2 Å². The third kappa shape index (κ3) is 8.83. The largest absolute Gasteiger partial charge is 0.352 e. The Morgan fingerprint density at radius 1 is 0.875 bits per heavy atom. The Balaban J connectivity index is 2.04. The summed E-state index contributed by atoms with van der Waals surface area (Å²) in [6, 6.07) is 22.6. The van der Waals surface area contributed by atoms with Crippen LogP contribution in [0.4, 0.5) is 5.69 Å². The molecule has 0 bridgehead atoms. The molecule has 0 heterocycles. The second-order valence-corrected chi connectivity index (χ2v) is 12.9. The third-order valence-corrected chi connectivity index (χ3v) is 7.85. The number of sulfonamides is 1. The summed E-state index contributed by atoms with van der Waals surface area (Å²) >= 11 is 6.24. The van der Waals surface area contributed by atoms with Gasteiger partial charge in [-0.15, -0.1) is 0 Å². The molecule has 0 aliphatic carbocycles. The minimum Gasteiger partial charge on any atom is -0.352 e. The number of hydrogen-bond acceptors (Lipinski definition) is 4. The number of halogens is 1. The molecular weight excluding hydrogens is 546 g/mol. The molecule has 40 heavy (non-hydrogen) atoms. The quantitative estimate of drug-likeness (QED) is 0.309. The Morgan fingerprint density at radius 2 is 1.50 bits per heavy atom. The van der Waals surface area contributed by atoms with E-state index in [0.717, 1.165) is 27.3 Å². The predicted molar refractivity (Wildman–Crippen MR) is 162 cm³/mol. The highest BCUT2D eigenvalue weighted by molar-refractivity contribution is 7.92. The Bertz CT molecular complexity index is 1390. The highest BCUT2D eigenvalue weighted by Crippen LogP contribution is 2.24. The van der Waals surface area contributed by atoms with Crippen LogP contribution in [-0.2, 0) is 32.6 Å². The van der Waals surface area contributed by atoms with Crippen LogP contribution in [0.3, 0.4) is 0 Å². The van der Waals surface area contributed by atoms with Crippen molar-refractivity contribution in [1.82, 2.24) is 10.2 Å². The van der Waals surface area contributed by atoms with Crippen molar-refractivity contribution in [3.63, 3.8) is 0 Å². The second-order valence-electron chi connectivity index (χ2n) is 10.5. The lowest BCUT2D eigenvalue weighted by Gasteiger charge is -2.34. The van der Waals surface area contributed by atoms with Gasteiger partial charge >= 0.3 is 0 Å². The fourth-order valence-electron chi connectivity index (χ4n) is 4.41. The standard InChI is InChI=1S/C31H38ClN3O4S/c1-22(2)26-14-16-28(17-15-26)35(40(5,38)39)21-30(36)34(20-25-12-9-13-27(32)18-25)29(31(37)33-23(3)4)19-24-10-7-6-8-11-24/h6-18,22-23,29H,19-21H2,1-5H3,(H,33,37)/t29-/m1/s1. The van der Waals surface area contributed by atoms with Gasteiger partial charge in [-0.1, -0.05) is 80.0 Å². The smallest absolute Gasteiger partial charge is 0.244 e. The van der Waals surface area contributed by atoms with E-state index in [1.54, 1.807) is 30.3 Å². The molecule has 0 aliphatic rings. The average Bonchev–Trinajstić information content (AvgIpc) is 2.88. The Hall–Kier alpha value is -3.36. The average molecular weight is 584 g/mol. The number of carbonyl (C=O) groups excluding carboxylic acids is 2. The third-order valence-electron chi connectivity index (χ3n) is 6.47. The van der Waals surface area contributed by atoms with Crippen LogP contribution in [0, 0.1) is 0 Å². The first kappa shape index (κ1) is 31.2. The summed E-state index contributed by atoms with van der Waals surface area (Å²) in [5.74, 6) is -0.548. The first-order valence-electron chi connectivity index (χ1n) is 13.3. The molecule has 3 rings (SSSR count). The van der Waals surface area contributed by atoms with Gasteiger partial charge in [-0.25, -0.2) is 8.42 Å². The molecule has 3 aromatic rings. The molecule has 1 N–H and O–H groups in total. The SMILES string of the molecule is CC(C)NC(=O)[C@@H](Cc1ccccc1)N(Cc1cccc(Cl)c1)C(=O)CN(c1ccc(C(C)C)cc1)S(C)(=O)=O. The van der Waals surface area contributed by atoms with Crippen molar-refractivity contribution in [2.24, 2.45) is 0 Å².